The molecular formula is C20H29ClIN5O. The smallest absolute Gasteiger partial charge is 0.193 e. The van der Waals surface area contributed by atoms with E-state index in [1.54, 1.807) is 4.68 Å². The fraction of sp³-hybridized carbons (Fsp3) is 0.500. The summed E-state index contributed by atoms with van der Waals surface area (Å²) in [6.07, 6.45) is 3.87. The fourth-order valence-electron chi connectivity index (χ4n) is 3.39. The molecule has 0 radical (unpaired) electrons. The molecular weight excluding hydrogens is 489 g/mol. The van der Waals surface area contributed by atoms with Crippen LogP contribution in [0.1, 0.15) is 31.1 Å². The Morgan fingerprint density at radius 2 is 2.14 bits per heavy atom. The number of halogens is 2. The Morgan fingerprint density at radius 1 is 1.39 bits per heavy atom. The maximum Gasteiger partial charge on any atom is 0.193 e. The van der Waals surface area contributed by atoms with Crippen molar-refractivity contribution < 1.29 is 4.74 Å². The predicted molar refractivity (Wildman–Crippen MR) is 125 cm³/mol. The van der Waals surface area contributed by atoms with Crippen molar-refractivity contribution in [2.75, 3.05) is 33.3 Å². The number of aromatic nitrogens is 2. The van der Waals surface area contributed by atoms with E-state index in [4.69, 9.17) is 16.3 Å². The summed E-state index contributed by atoms with van der Waals surface area (Å²) in [5, 5.41) is 8.57. The van der Waals surface area contributed by atoms with Crippen LogP contribution in [0.25, 0.3) is 0 Å². The highest BCUT2D eigenvalue weighted by atomic mass is 127. The fourth-order valence-corrected chi connectivity index (χ4v) is 3.78. The predicted octanol–water partition coefficient (Wildman–Crippen LogP) is 3.62. The van der Waals surface area contributed by atoms with E-state index >= 15 is 0 Å². The Balaban J connectivity index is 0.00000280. The van der Waals surface area contributed by atoms with E-state index in [0.29, 0.717) is 6.61 Å². The van der Waals surface area contributed by atoms with E-state index in [-0.39, 0.29) is 35.5 Å². The SMILES string of the molecule is CN=C(NCC(C)(C)c1ccccc1Cl)N1CCOC(c2cnn(C)c2)C1.I. The Bertz CT molecular complexity index is 807. The van der Waals surface area contributed by atoms with Gasteiger partial charge in [0.2, 0.25) is 0 Å². The van der Waals surface area contributed by atoms with Crippen LogP contribution < -0.4 is 5.32 Å². The summed E-state index contributed by atoms with van der Waals surface area (Å²) in [4.78, 5) is 6.73. The van der Waals surface area contributed by atoms with Gasteiger partial charge in [0.15, 0.2) is 5.96 Å². The van der Waals surface area contributed by atoms with Gasteiger partial charge in [-0.2, -0.15) is 5.10 Å². The van der Waals surface area contributed by atoms with Gasteiger partial charge in [-0.25, -0.2) is 0 Å². The first-order valence-electron chi connectivity index (χ1n) is 9.21. The zero-order valence-corrected chi connectivity index (χ0v) is 19.9. The third-order valence-corrected chi connectivity index (χ3v) is 5.30. The van der Waals surface area contributed by atoms with E-state index in [1.807, 2.05) is 44.7 Å². The lowest BCUT2D eigenvalue weighted by Crippen LogP contribution is -2.50. The first-order chi connectivity index (χ1) is 12.9. The molecule has 0 amide bonds. The van der Waals surface area contributed by atoms with Crippen molar-refractivity contribution in [3.8, 4) is 0 Å². The molecule has 1 unspecified atom stereocenters. The molecule has 28 heavy (non-hydrogen) atoms. The number of morpholine rings is 1. The second-order valence-electron chi connectivity index (χ2n) is 7.52. The van der Waals surface area contributed by atoms with Gasteiger partial charge in [0.1, 0.15) is 6.10 Å². The molecule has 6 nitrogen and oxygen atoms in total. The number of nitrogens with zero attached hydrogens (tertiary/aromatic N) is 4. The molecule has 1 aliphatic heterocycles. The summed E-state index contributed by atoms with van der Waals surface area (Å²) in [7, 11) is 3.74. The standard InChI is InChI=1S/C20H28ClN5O.HI/c1-20(2,16-7-5-6-8-17(16)21)14-23-19(22-3)26-9-10-27-18(13-26)15-11-24-25(4)12-15;/h5-8,11-12,18H,9-10,13-14H2,1-4H3,(H,22,23);1H. The van der Waals surface area contributed by atoms with Crippen LogP contribution >= 0.6 is 35.6 Å². The number of guanidine groups is 1. The van der Waals surface area contributed by atoms with E-state index in [2.05, 4.69) is 40.2 Å². The Kier molecular flexibility index (Phi) is 8.15. The van der Waals surface area contributed by atoms with E-state index < -0.39 is 0 Å². The van der Waals surface area contributed by atoms with Gasteiger partial charge in [-0.05, 0) is 11.6 Å². The van der Waals surface area contributed by atoms with Gasteiger partial charge in [-0.1, -0.05) is 43.6 Å². The number of hydrogen-bond donors (Lipinski definition) is 1. The normalized spacial score (nSPS) is 18.0. The van der Waals surface area contributed by atoms with Crippen LogP contribution in [0.3, 0.4) is 0 Å². The van der Waals surface area contributed by atoms with E-state index in [9.17, 15) is 0 Å². The minimum atomic E-state index is -0.122. The van der Waals surface area contributed by atoms with Gasteiger partial charge >= 0.3 is 0 Å². The van der Waals surface area contributed by atoms with Crippen molar-refractivity contribution in [3.63, 3.8) is 0 Å². The number of hydrogen-bond acceptors (Lipinski definition) is 3. The van der Waals surface area contributed by atoms with Crippen LogP contribution in [0.15, 0.2) is 41.7 Å². The van der Waals surface area contributed by atoms with Crippen LogP contribution in [0.4, 0.5) is 0 Å². The van der Waals surface area contributed by atoms with Gasteiger partial charge in [0, 0.05) is 49.4 Å². The van der Waals surface area contributed by atoms with Crippen molar-refractivity contribution in [2.24, 2.45) is 12.0 Å². The maximum absolute atomic E-state index is 6.40. The van der Waals surface area contributed by atoms with Crippen LogP contribution in [-0.2, 0) is 17.2 Å². The van der Waals surface area contributed by atoms with Crippen molar-refractivity contribution in [3.05, 3.63) is 52.8 Å². The number of aryl methyl sites for hydroxylation is 1. The number of nitrogens with one attached hydrogen (secondary N) is 1. The van der Waals surface area contributed by atoms with Gasteiger partial charge in [0.25, 0.3) is 0 Å². The molecule has 1 saturated heterocycles. The Morgan fingerprint density at radius 3 is 2.79 bits per heavy atom. The first kappa shape index (κ1) is 23.0. The first-order valence-corrected chi connectivity index (χ1v) is 9.59. The molecule has 1 fully saturated rings. The molecule has 0 saturated carbocycles. The lowest BCUT2D eigenvalue weighted by molar-refractivity contribution is -0.00808. The third-order valence-electron chi connectivity index (χ3n) is 4.97. The number of ether oxygens (including phenoxy) is 1. The number of benzene rings is 1. The summed E-state index contributed by atoms with van der Waals surface area (Å²) >= 11 is 6.40. The Hall–Kier alpha value is -1.32. The van der Waals surface area contributed by atoms with Crippen molar-refractivity contribution in [1.82, 2.24) is 20.0 Å². The molecule has 0 spiro atoms. The van der Waals surface area contributed by atoms with Crippen LogP contribution in [-0.4, -0.2) is 53.9 Å². The molecule has 3 rings (SSSR count). The molecule has 1 aliphatic rings. The number of rotatable bonds is 4. The highest BCUT2D eigenvalue weighted by Crippen LogP contribution is 2.29. The molecule has 1 aromatic carbocycles. The van der Waals surface area contributed by atoms with Crippen LogP contribution in [0.2, 0.25) is 5.02 Å². The zero-order chi connectivity index (χ0) is 19.4. The lowest BCUT2D eigenvalue weighted by atomic mass is 9.84. The highest BCUT2D eigenvalue weighted by molar-refractivity contribution is 14.0. The Labute approximate surface area is 189 Å². The highest BCUT2D eigenvalue weighted by Gasteiger charge is 2.27. The van der Waals surface area contributed by atoms with E-state index in [1.165, 1.54) is 0 Å². The van der Waals surface area contributed by atoms with E-state index in [0.717, 1.165) is 41.7 Å². The number of aliphatic imine (C=N–C) groups is 1. The van der Waals surface area contributed by atoms with Crippen molar-refractivity contribution in [2.45, 2.75) is 25.4 Å². The zero-order valence-electron chi connectivity index (χ0n) is 16.9. The van der Waals surface area contributed by atoms with Gasteiger partial charge in [-0.15, -0.1) is 24.0 Å². The van der Waals surface area contributed by atoms with Crippen molar-refractivity contribution in [1.29, 1.82) is 0 Å². The minimum Gasteiger partial charge on any atom is -0.370 e. The minimum absolute atomic E-state index is 0. The average molecular weight is 518 g/mol. The largest absolute Gasteiger partial charge is 0.370 e. The lowest BCUT2D eigenvalue weighted by Gasteiger charge is -2.36. The van der Waals surface area contributed by atoms with Gasteiger partial charge in [0.05, 0.1) is 19.3 Å². The quantitative estimate of drug-likeness (QED) is 0.382. The monoisotopic (exact) mass is 517 g/mol. The van der Waals surface area contributed by atoms with Crippen LogP contribution in [0.5, 0.6) is 0 Å². The molecule has 1 N–H and O–H groups in total. The van der Waals surface area contributed by atoms with Crippen LogP contribution in [0, 0.1) is 0 Å². The molecule has 0 aliphatic carbocycles. The molecule has 2 heterocycles. The summed E-state index contributed by atoms with van der Waals surface area (Å²) in [6.45, 7) is 7.33. The summed E-state index contributed by atoms with van der Waals surface area (Å²) < 4.78 is 7.74. The van der Waals surface area contributed by atoms with Gasteiger partial charge < -0.3 is 15.0 Å². The summed E-state index contributed by atoms with van der Waals surface area (Å²) in [5.74, 6) is 0.882. The second-order valence-corrected chi connectivity index (χ2v) is 7.92. The molecule has 0 bridgehead atoms. The second kappa shape index (κ2) is 9.93. The third kappa shape index (κ3) is 5.39. The van der Waals surface area contributed by atoms with Crippen molar-refractivity contribution >= 4 is 41.5 Å². The molecule has 2 aromatic rings. The maximum atomic E-state index is 6.40. The molecule has 8 heteroatoms. The molecule has 154 valence electrons. The topological polar surface area (TPSA) is 54.7 Å². The average Bonchev–Trinajstić information content (AvgIpc) is 3.09. The molecule has 1 aromatic heterocycles. The molecule has 1 atom stereocenters. The summed E-state index contributed by atoms with van der Waals surface area (Å²) in [6, 6.07) is 8.01. The van der Waals surface area contributed by atoms with Gasteiger partial charge in [-0.3, -0.25) is 9.67 Å². The summed E-state index contributed by atoms with van der Waals surface area (Å²) in [5.41, 5.74) is 2.10.